The molecule has 1 aromatic heterocycles. The second-order valence-corrected chi connectivity index (χ2v) is 8.05. The summed E-state index contributed by atoms with van der Waals surface area (Å²) in [5.74, 6) is 0.335. The summed E-state index contributed by atoms with van der Waals surface area (Å²) in [5, 5.41) is 15.2. The summed E-state index contributed by atoms with van der Waals surface area (Å²) in [6.07, 6.45) is 1.26. The van der Waals surface area contributed by atoms with Crippen molar-refractivity contribution in [2.24, 2.45) is 5.10 Å². The zero-order chi connectivity index (χ0) is 20.9. The topological polar surface area (TPSA) is 118 Å². The molecule has 0 radical (unpaired) electrons. The van der Waals surface area contributed by atoms with E-state index in [1.807, 2.05) is 0 Å². The first-order valence-electron chi connectivity index (χ1n) is 8.41. The molecule has 0 saturated heterocycles. The average Bonchev–Trinajstić information content (AvgIpc) is 2.67. The summed E-state index contributed by atoms with van der Waals surface area (Å²) in [6.45, 7) is 5.94. The molecule has 2 rings (SSSR count). The highest BCUT2D eigenvalue weighted by molar-refractivity contribution is 7.89. The number of pyridine rings is 1. The number of hydrazone groups is 1. The molecule has 1 aromatic carbocycles. The first-order valence-corrected chi connectivity index (χ1v) is 10.2. The van der Waals surface area contributed by atoms with Crippen molar-refractivity contribution < 1.29 is 13.3 Å². The number of anilines is 1. The van der Waals surface area contributed by atoms with Gasteiger partial charge >= 0.3 is 0 Å². The number of hydrogen-bond donors (Lipinski definition) is 1. The Balaban J connectivity index is 2.19. The van der Waals surface area contributed by atoms with Crippen LogP contribution in [0.5, 0.6) is 0 Å². The second-order valence-electron chi connectivity index (χ2n) is 5.70. The fraction of sp³-hybridized carbons (Fsp3) is 0.294. The Morgan fingerprint density at radius 1 is 1.29 bits per heavy atom. The van der Waals surface area contributed by atoms with Crippen molar-refractivity contribution in [3.63, 3.8) is 0 Å². The molecule has 150 valence electrons. The molecule has 11 heteroatoms. The van der Waals surface area contributed by atoms with Gasteiger partial charge in [-0.25, -0.2) is 13.4 Å². The van der Waals surface area contributed by atoms with Gasteiger partial charge in [0.2, 0.25) is 10.0 Å². The molecule has 9 nitrogen and oxygen atoms in total. The van der Waals surface area contributed by atoms with E-state index in [4.69, 9.17) is 11.6 Å². The molecule has 28 heavy (non-hydrogen) atoms. The molecular weight excluding hydrogens is 406 g/mol. The van der Waals surface area contributed by atoms with E-state index in [2.05, 4.69) is 15.5 Å². The number of rotatable bonds is 8. The van der Waals surface area contributed by atoms with Crippen LogP contribution in [0.1, 0.15) is 26.3 Å². The van der Waals surface area contributed by atoms with Crippen molar-refractivity contribution in [3.8, 4) is 0 Å². The lowest BCUT2D eigenvalue weighted by atomic mass is 10.1. The monoisotopic (exact) mass is 425 g/mol. The first-order chi connectivity index (χ1) is 13.2. The van der Waals surface area contributed by atoms with Gasteiger partial charge in [-0.15, -0.1) is 0 Å². The molecule has 0 bridgehead atoms. The van der Waals surface area contributed by atoms with Crippen molar-refractivity contribution in [2.75, 3.05) is 18.5 Å². The van der Waals surface area contributed by atoms with Gasteiger partial charge in [0.15, 0.2) is 0 Å². The van der Waals surface area contributed by atoms with Crippen molar-refractivity contribution in [3.05, 3.63) is 57.2 Å². The SMILES string of the molecule is CCN(CC)S(=O)(=O)c1ccc(N/N=C(\C)c2ccc(Cl)c([N+](=O)[O-])c2)nc1. The van der Waals surface area contributed by atoms with Crippen LogP contribution in [0.15, 0.2) is 46.5 Å². The third kappa shape index (κ3) is 4.83. The smallest absolute Gasteiger partial charge is 0.261 e. The molecule has 0 saturated carbocycles. The molecule has 0 aliphatic heterocycles. The lowest BCUT2D eigenvalue weighted by Crippen LogP contribution is -2.30. The maximum absolute atomic E-state index is 12.4. The zero-order valence-corrected chi connectivity index (χ0v) is 17.2. The fourth-order valence-corrected chi connectivity index (χ4v) is 3.99. The predicted molar refractivity (Wildman–Crippen MR) is 108 cm³/mol. The Kier molecular flexibility index (Phi) is 7.05. The number of aromatic nitrogens is 1. The predicted octanol–water partition coefficient (Wildman–Crippen LogP) is 3.51. The van der Waals surface area contributed by atoms with E-state index in [-0.39, 0.29) is 15.6 Å². The highest BCUT2D eigenvalue weighted by atomic mass is 35.5. The zero-order valence-electron chi connectivity index (χ0n) is 15.6. The van der Waals surface area contributed by atoms with Crippen LogP contribution < -0.4 is 5.43 Å². The van der Waals surface area contributed by atoms with Crippen molar-refractivity contribution in [1.29, 1.82) is 0 Å². The van der Waals surface area contributed by atoms with E-state index in [1.165, 1.54) is 34.8 Å². The third-order valence-corrected chi connectivity index (χ3v) is 6.33. The number of halogens is 1. The van der Waals surface area contributed by atoms with Crippen LogP contribution in [-0.4, -0.2) is 41.4 Å². The lowest BCUT2D eigenvalue weighted by molar-refractivity contribution is -0.384. The van der Waals surface area contributed by atoms with Gasteiger partial charge in [0.25, 0.3) is 5.69 Å². The van der Waals surface area contributed by atoms with Crippen LogP contribution in [0.3, 0.4) is 0 Å². The maximum Gasteiger partial charge on any atom is 0.288 e. The number of nitrogens with zero attached hydrogens (tertiary/aromatic N) is 4. The van der Waals surface area contributed by atoms with E-state index >= 15 is 0 Å². The molecule has 0 atom stereocenters. The van der Waals surface area contributed by atoms with Gasteiger partial charge in [-0.2, -0.15) is 9.41 Å². The quantitative estimate of drug-likeness (QED) is 0.392. The number of benzene rings is 1. The number of nitrogens with one attached hydrogen (secondary N) is 1. The first kappa shape index (κ1) is 21.7. The highest BCUT2D eigenvalue weighted by Crippen LogP contribution is 2.25. The molecule has 0 aliphatic rings. The molecule has 1 N–H and O–H groups in total. The number of hydrogen-bond acceptors (Lipinski definition) is 7. The van der Waals surface area contributed by atoms with Gasteiger partial charge in [0.05, 0.1) is 10.6 Å². The van der Waals surface area contributed by atoms with Crippen LogP contribution in [0.25, 0.3) is 0 Å². The fourth-order valence-electron chi connectivity index (χ4n) is 2.39. The Bertz CT molecular complexity index is 989. The van der Waals surface area contributed by atoms with Crippen molar-refractivity contribution in [1.82, 2.24) is 9.29 Å². The van der Waals surface area contributed by atoms with E-state index in [1.54, 1.807) is 26.8 Å². The molecule has 2 aromatic rings. The molecule has 0 aliphatic carbocycles. The molecule has 0 spiro atoms. The number of nitro benzene ring substituents is 1. The molecular formula is C17H20ClN5O4S. The molecule has 0 unspecified atom stereocenters. The van der Waals surface area contributed by atoms with E-state index in [9.17, 15) is 18.5 Å². The van der Waals surface area contributed by atoms with E-state index < -0.39 is 14.9 Å². The minimum Gasteiger partial charge on any atom is -0.261 e. The largest absolute Gasteiger partial charge is 0.288 e. The van der Waals surface area contributed by atoms with Crippen molar-refractivity contribution in [2.45, 2.75) is 25.7 Å². The summed E-state index contributed by atoms with van der Waals surface area (Å²) < 4.78 is 26.2. The summed E-state index contributed by atoms with van der Waals surface area (Å²) in [5.41, 5.74) is 3.49. The van der Waals surface area contributed by atoms with E-state index in [0.717, 1.165) is 0 Å². The van der Waals surface area contributed by atoms with Gasteiger partial charge in [-0.1, -0.05) is 31.5 Å². The molecule has 1 heterocycles. The van der Waals surface area contributed by atoms with Gasteiger partial charge in [0, 0.05) is 30.9 Å². The van der Waals surface area contributed by atoms with Gasteiger partial charge in [-0.05, 0) is 25.1 Å². The third-order valence-electron chi connectivity index (χ3n) is 3.98. The minimum absolute atomic E-state index is 0.0428. The standard InChI is InChI=1S/C17H20ClN5O4S/c1-4-22(5-2)28(26,27)14-7-9-17(19-11-14)21-20-12(3)13-6-8-15(18)16(10-13)23(24)25/h6-11H,4-5H2,1-3H3,(H,19,21)/b20-12+. The van der Waals surface area contributed by atoms with Gasteiger partial charge < -0.3 is 0 Å². The minimum atomic E-state index is -3.58. The Morgan fingerprint density at radius 3 is 2.50 bits per heavy atom. The van der Waals surface area contributed by atoms with Crippen LogP contribution in [-0.2, 0) is 10.0 Å². The average molecular weight is 426 g/mol. The summed E-state index contributed by atoms with van der Waals surface area (Å²) in [6, 6.07) is 7.32. The molecule has 0 amide bonds. The Hall–Kier alpha value is -2.56. The number of nitro groups is 1. The number of sulfonamides is 1. The van der Waals surface area contributed by atoms with E-state index in [0.29, 0.717) is 30.2 Å². The summed E-state index contributed by atoms with van der Waals surface area (Å²) >= 11 is 5.80. The lowest BCUT2D eigenvalue weighted by Gasteiger charge is -2.18. The summed E-state index contributed by atoms with van der Waals surface area (Å²) in [4.78, 5) is 14.6. The van der Waals surface area contributed by atoms with Crippen LogP contribution in [0.2, 0.25) is 5.02 Å². The van der Waals surface area contributed by atoms with Crippen LogP contribution in [0.4, 0.5) is 11.5 Å². The summed E-state index contributed by atoms with van der Waals surface area (Å²) in [7, 11) is -3.58. The second kappa shape index (κ2) is 9.09. The van der Waals surface area contributed by atoms with Crippen LogP contribution >= 0.6 is 11.6 Å². The molecule has 0 fully saturated rings. The van der Waals surface area contributed by atoms with Gasteiger partial charge in [-0.3, -0.25) is 15.5 Å². The van der Waals surface area contributed by atoms with Crippen molar-refractivity contribution >= 4 is 38.8 Å². The normalized spacial score (nSPS) is 12.2. The maximum atomic E-state index is 12.4. The van der Waals surface area contributed by atoms with Gasteiger partial charge in [0.1, 0.15) is 15.7 Å². The Labute approximate surface area is 168 Å². The Morgan fingerprint density at radius 2 is 1.96 bits per heavy atom. The van der Waals surface area contributed by atoms with Crippen LogP contribution in [0, 0.1) is 10.1 Å². The highest BCUT2D eigenvalue weighted by Gasteiger charge is 2.21.